The average molecular weight is 366 g/mol. The fraction of sp³-hybridized carbons (Fsp3) is 0.273. The lowest BCUT2D eigenvalue weighted by atomic mass is 10.0. The molecular weight excluding hydrogens is 343 g/mol. The van der Waals surface area contributed by atoms with Gasteiger partial charge in [-0.2, -0.15) is 0 Å². The van der Waals surface area contributed by atoms with Crippen molar-refractivity contribution < 1.29 is 13.9 Å². The van der Waals surface area contributed by atoms with Gasteiger partial charge >= 0.3 is 0 Å². The highest BCUT2D eigenvalue weighted by atomic mass is 19.1. The monoisotopic (exact) mass is 366 g/mol. The third-order valence-electron chi connectivity index (χ3n) is 4.66. The SMILES string of the molecule is COc1ccc(F)c(-c2cc(C)c3ccc(CCC(=O)N(C)C)cc3n2)c1. The van der Waals surface area contributed by atoms with Gasteiger partial charge in [0.2, 0.25) is 5.91 Å². The quantitative estimate of drug-likeness (QED) is 0.673. The van der Waals surface area contributed by atoms with Gasteiger partial charge in [-0.15, -0.1) is 0 Å². The van der Waals surface area contributed by atoms with E-state index >= 15 is 0 Å². The number of methoxy groups -OCH3 is 1. The van der Waals surface area contributed by atoms with Crippen molar-refractivity contribution in [1.82, 2.24) is 9.88 Å². The molecule has 1 amide bonds. The van der Waals surface area contributed by atoms with Gasteiger partial charge in [0.15, 0.2) is 0 Å². The molecule has 0 atom stereocenters. The molecule has 4 nitrogen and oxygen atoms in total. The zero-order valence-electron chi connectivity index (χ0n) is 16.0. The van der Waals surface area contributed by atoms with Crippen molar-refractivity contribution >= 4 is 16.8 Å². The minimum Gasteiger partial charge on any atom is -0.497 e. The largest absolute Gasteiger partial charge is 0.497 e. The minimum atomic E-state index is -0.338. The first-order chi connectivity index (χ1) is 12.9. The van der Waals surface area contributed by atoms with Crippen LogP contribution in [0.1, 0.15) is 17.5 Å². The summed E-state index contributed by atoms with van der Waals surface area (Å²) >= 11 is 0. The number of carbonyl (C=O) groups excluding carboxylic acids is 1. The first-order valence-electron chi connectivity index (χ1n) is 8.83. The van der Waals surface area contributed by atoms with Crippen molar-refractivity contribution in [2.24, 2.45) is 0 Å². The second kappa shape index (κ2) is 7.74. The zero-order chi connectivity index (χ0) is 19.6. The second-order valence-corrected chi connectivity index (χ2v) is 6.81. The molecule has 0 fully saturated rings. The smallest absolute Gasteiger partial charge is 0.222 e. The predicted molar refractivity (Wildman–Crippen MR) is 105 cm³/mol. The van der Waals surface area contributed by atoms with Crippen molar-refractivity contribution in [2.75, 3.05) is 21.2 Å². The number of amides is 1. The van der Waals surface area contributed by atoms with Crippen LogP contribution in [-0.4, -0.2) is 37.0 Å². The number of nitrogens with zero attached hydrogens (tertiary/aromatic N) is 2. The van der Waals surface area contributed by atoms with E-state index < -0.39 is 0 Å². The molecule has 1 aromatic heterocycles. The molecule has 27 heavy (non-hydrogen) atoms. The van der Waals surface area contributed by atoms with Crippen LogP contribution in [0.2, 0.25) is 0 Å². The number of halogens is 1. The van der Waals surface area contributed by atoms with Gasteiger partial charge in [0.25, 0.3) is 0 Å². The maximum absolute atomic E-state index is 14.4. The Hall–Kier alpha value is -2.95. The molecule has 0 aliphatic heterocycles. The molecular formula is C22H23FN2O2. The molecule has 3 aromatic rings. The lowest BCUT2D eigenvalue weighted by Crippen LogP contribution is -2.21. The van der Waals surface area contributed by atoms with Crippen molar-refractivity contribution in [3.8, 4) is 17.0 Å². The fourth-order valence-electron chi connectivity index (χ4n) is 3.04. The number of aromatic nitrogens is 1. The van der Waals surface area contributed by atoms with Gasteiger partial charge < -0.3 is 9.64 Å². The van der Waals surface area contributed by atoms with E-state index in [9.17, 15) is 9.18 Å². The van der Waals surface area contributed by atoms with Crippen molar-refractivity contribution in [2.45, 2.75) is 19.8 Å². The highest BCUT2D eigenvalue weighted by Gasteiger charge is 2.12. The normalized spacial score (nSPS) is 10.9. The van der Waals surface area contributed by atoms with Gasteiger partial charge in [-0.3, -0.25) is 4.79 Å². The van der Waals surface area contributed by atoms with Crippen LogP contribution < -0.4 is 4.74 Å². The maximum atomic E-state index is 14.4. The van der Waals surface area contributed by atoms with Crippen LogP contribution >= 0.6 is 0 Å². The van der Waals surface area contributed by atoms with Gasteiger partial charge in [0, 0.05) is 31.5 Å². The lowest BCUT2D eigenvalue weighted by molar-refractivity contribution is -0.128. The van der Waals surface area contributed by atoms with Crippen LogP contribution in [0.4, 0.5) is 4.39 Å². The van der Waals surface area contributed by atoms with E-state index in [2.05, 4.69) is 4.98 Å². The number of rotatable bonds is 5. The molecule has 2 aromatic carbocycles. The molecule has 0 aliphatic rings. The standard InChI is InChI=1S/C22H23FN2O2/c1-14-11-20(18-13-16(27-4)7-9-19(18)23)24-21-12-15(5-8-17(14)21)6-10-22(26)25(2)3/h5,7-9,11-13H,6,10H2,1-4H3. The third kappa shape index (κ3) is 4.08. The molecule has 0 aliphatic carbocycles. The van der Waals surface area contributed by atoms with E-state index in [-0.39, 0.29) is 11.7 Å². The number of aryl methyl sites for hydroxylation is 2. The van der Waals surface area contributed by atoms with Crippen LogP contribution in [0.5, 0.6) is 5.75 Å². The molecule has 0 saturated carbocycles. The Balaban J connectivity index is 2.00. The van der Waals surface area contributed by atoms with Crippen molar-refractivity contribution in [1.29, 1.82) is 0 Å². The minimum absolute atomic E-state index is 0.0893. The van der Waals surface area contributed by atoms with Gasteiger partial charge in [-0.25, -0.2) is 9.37 Å². The number of fused-ring (bicyclic) bond motifs is 1. The second-order valence-electron chi connectivity index (χ2n) is 6.81. The van der Waals surface area contributed by atoms with Gasteiger partial charge in [0.1, 0.15) is 11.6 Å². The highest BCUT2D eigenvalue weighted by molar-refractivity contribution is 5.86. The first kappa shape index (κ1) is 18.8. The molecule has 0 spiro atoms. The Bertz CT molecular complexity index is 999. The fourth-order valence-corrected chi connectivity index (χ4v) is 3.04. The average Bonchev–Trinajstić information content (AvgIpc) is 2.66. The number of ether oxygens (including phenoxy) is 1. The summed E-state index contributed by atoms with van der Waals surface area (Å²) in [5, 5.41) is 1.02. The Labute approximate surface area is 158 Å². The van der Waals surface area contributed by atoms with Crippen LogP contribution in [0.25, 0.3) is 22.2 Å². The topological polar surface area (TPSA) is 42.4 Å². The maximum Gasteiger partial charge on any atom is 0.222 e. The number of benzene rings is 2. The molecule has 0 bridgehead atoms. The number of hydrogen-bond acceptors (Lipinski definition) is 3. The molecule has 0 N–H and O–H groups in total. The van der Waals surface area contributed by atoms with E-state index in [1.807, 2.05) is 31.2 Å². The number of pyridine rings is 1. The van der Waals surface area contributed by atoms with E-state index in [4.69, 9.17) is 4.74 Å². The first-order valence-corrected chi connectivity index (χ1v) is 8.83. The van der Waals surface area contributed by atoms with Gasteiger partial charge in [-0.05, 0) is 54.8 Å². The summed E-state index contributed by atoms with van der Waals surface area (Å²) in [4.78, 5) is 18.1. The van der Waals surface area contributed by atoms with Gasteiger partial charge in [0.05, 0.1) is 18.3 Å². The molecule has 5 heteroatoms. The summed E-state index contributed by atoms with van der Waals surface area (Å²) in [6.45, 7) is 1.99. The summed E-state index contributed by atoms with van der Waals surface area (Å²) in [5.74, 6) is 0.336. The van der Waals surface area contributed by atoms with Crippen LogP contribution in [0.15, 0.2) is 42.5 Å². The Morgan fingerprint density at radius 1 is 1.15 bits per heavy atom. The van der Waals surface area contributed by atoms with E-state index in [0.29, 0.717) is 29.8 Å². The molecule has 140 valence electrons. The Kier molecular flexibility index (Phi) is 5.40. The third-order valence-corrected chi connectivity index (χ3v) is 4.66. The summed E-state index contributed by atoms with van der Waals surface area (Å²) in [6, 6.07) is 12.5. The molecule has 0 unspecified atom stereocenters. The van der Waals surface area contributed by atoms with Crippen LogP contribution in [-0.2, 0) is 11.2 Å². The highest BCUT2D eigenvalue weighted by Crippen LogP contribution is 2.29. The Morgan fingerprint density at radius 3 is 2.63 bits per heavy atom. The number of hydrogen-bond donors (Lipinski definition) is 0. The Morgan fingerprint density at radius 2 is 1.93 bits per heavy atom. The van der Waals surface area contributed by atoms with E-state index in [1.54, 1.807) is 38.2 Å². The molecule has 3 rings (SSSR count). The molecule has 0 radical (unpaired) electrons. The molecule has 1 heterocycles. The number of carbonyl (C=O) groups is 1. The van der Waals surface area contributed by atoms with E-state index in [0.717, 1.165) is 22.0 Å². The van der Waals surface area contributed by atoms with Crippen LogP contribution in [0, 0.1) is 12.7 Å². The summed E-state index contributed by atoms with van der Waals surface area (Å²) in [5.41, 5.74) is 3.83. The van der Waals surface area contributed by atoms with Crippen molar-refractivity contribution in [3.63, 3.8) is 0 Å². The summed E-state index contributed by atoms with van der Waals surface area (Å²) in [6.07, 6.45) is 1.09. The lowest BCUT2D eigenvalue weighted by Gasteiger charge is -2.12. The summed E-state index contributed by atoms with van der Waals surface area (Å²) < 4.78 is 19.6. The predicted octanol–water partition coefficient (Wildman–Crippen LogP) is 4.38. The zero-order valence-corrected chi connectivity index (χ0v) is 16.0. The summed E-state index contributed by atoms with van der Waals surface area (Å²) in [7, 11) is 5.06. The van der Waals surface area contributed by atoms with Gasteiger partial charge in [-0.1, -0.05) is 12.1 Å². The molecule has 0 saturated heterocycles. The van der Waals surface area contributed by atoms with E-state index in [1.165, 1.54) is 6.07 Å². The van der Waals surface area contributed by atoms with Crippen molar-refractivity contribution in [3.05, 3.63) is 59.4 Å². The van der Waals surface area contributed by atoms with Crippen LogP contribution in [0.3, 0.4) is 0 Å².